The van der Waals surface area contributed by atoms with Crippen molar-refractivity contribution in [2.24, 2.45) is 11.7 Å². The molecule has 3 amide bonds. The van der Waals surface area contributed by atoms with Crippen LogP contribution in [0.2, 0.25) is 0 Å². The number of nitrogens with two attached hydrogens (primary N) is 1. The Hall–Kier alpha value is -3.20. The SMILES string of the molecule is CCc1cccc(/C=C/CCCCC(=O)OC(C(=O)N[C@@H](C)C(=O)N2CCC[C@@H](C(N)=O)N2)C(C)C)c1. The Labute approximate surface area is 220 Å². The summed E-state index contributed by atoms with van der Waals surface area (Å²) in [4.78, 5) is 49.4. The molecule has 0 bridgehead atoms. The lowest BCUT2D eigenvalue weighted by atomic mass is 10.1. The first-order valence-electron chi connectivity index (χ1n) is 13.2. The number of nitrogens with zero attached hydrogens (tertiary/aromatic N) is 1. The minimum absolute atomic E-state index is 0.219. The summed E-state index contributed by atoms with van der Waals surface area (Å²) in [6, 6.07) is 6.92. The number of hydrogen-bond acceptors (Lipinski definition) is 6. The first-order valence-corrected chi connectivity index (χ1v) is 13.2. The molecule has 0 radical (unpaired) electrons. The molecule has 1 aliphatic heterocycles. The summed E-state index contributed by atoms with van der Waals surface area (Å²) in [5.74, 6) is -2.14. The van der Waals surface area contributed by atoms with Gasteiger partial charge < -0.3 is 15.8 Å². The minimum atomic E-state index is -0.999. The summed E-state index contributed by atoms with van der Waals surface area (Å²) in [5.41, 5.74) is 10.6. The largest absolute Gasteiger partial charge is 0.452 e. The predicted molar refractivity (Wildman–Crippen MR) is 143 cm³/mol. The molecule has 37 heavy (non-hydrogen) atoms. The van der Waals surface area contributed by atoms with Gasteiger partial charge in [-0.1, -0.05) is 57.2 Å². The molecule has 9 nitrogen and oxygen atoms in total. The van der Waals surface area contributed by atoms with E-state index in [0.717, 1.165) is 19.3 Å². The van der Waals surface area contributed by atoms with Gasteiger partial charge in [0.1, 0.15) is 12.1 Å². The number of nitrogens with one attached hydrogen (secondary N) is 2. The van der Waals surface area contributed by atoms with Gasteiger partial charge in [-0.05, 0) is 62.5 Å². The van der Waals surface area contributed by atoms with Gasteiger partial charge in [-0.15, -0.1) is 0 Å². The van der Waals surface area contributed by atoms with Crippen molar-refractivity contribution in [1.82, 2.24) is 15.8 Å². The quantitative estimate of drug-likeness (QED) is 0.274. The fourth-order valence-electron chi connectivity index (χ4n) is 4.10. The molecule has 3 atom stereocenters. The molecule has 0 aliphatic carbocycles. The van der Waals surface area contributed by atoms with Crippen LogP contribution in [-0.4, -0.2) is 53.4 Å². The molecule has 4 N–H and O–H groups in total. The molecule has 204 valence electrons. The van der Waals surface area contributed by atoms with Crippen molar-refractivity contribution in [3.63, 3.8) is 0 Å². The monoisotopic (exact) mass is 514 g/mol. The van der Waals surface area contributed by atoms with Crippen LogP contribution in [0, 0.1) is 5.92 Å². The van der Waals surface area contributed by atoms with Gasteiger partial charge in [0.2, 0.25) is 5.91 Å². The van der Waals surface area contributed by atoms with Crippen LogP contribution in [0.4, 0.5) is 0 Å². The fourth-order valence-corrected chi connectivity index (χ4v) is 4.10. The van der Waals surface area contributed by atoms with Crippen molar-refractivity contribution >= 4 is 29.8 Å². The maximum absolute atomic E-state index is 12.8. The Morgan fingerprint density at radius 1 is 1.22 bits per heavy atom. The zero-order chi connectivity index (χ0) is 27.4. The zero-order valence-corrected chi connectivity index (χ0v) is 22.5. The third-order valence-electron chi connectivity index (χ3n) is 6.32. The van der Waals surface area contributed by atoms with Crippen LogP contribution in [0.1, 0.15) is 77.3 Å². The maximum Gasteiger partial charge on any atom is 0.306 e. The van der Waals surface area contributed by atoms with Crippen molar-refractivity contribution in [2.45, 2.75) is 90.8 Å². The summed E-state index contributed by atoms with van der Waals surface area (Å²) < 4.78 is 5.48. The second-order valence-electron chi connectivity index (χ2n) is 9.85. The van der Waals surface area contributed by atoms with E-state index in [4.69, 9.17) is 10.5 Å². The summed E-state index contributed by atoms with van der Waals surface area (Å²) >= 11 is 0. The number of esters is 1. The number of unbranched alkanes of at least 4 members (excludes halogenated alkanes) is 2. The number of carbonyl (C=O) groups is 4. The average Bonchev–Trinajstić information content (AvgIpc) is 2.88. The second kappa shape index (κ2) is 15.1. The molecule has 9 heteroatoms. The number of allylic oxidation sites excluding steroid dienone is 1. The topological polar surface area (TPSA) is 131 Å². The zero-order valence-electron chi connectivity index (χ0n) is 22.5. The number of aryl methyl sites for hydroxylation is 1. The van der Waals surface area contributed by atoms with E-state index >= 15 is 0 Å². The van der Waals surface area contributed by atoms with Crippen molar-refractivity contribution in [3.05, 3.63) is 41.5 Å². The highest BCUT2D eigenvalue weighted by Gasteiger charge is 2.32. The lowest BCUT2D eigenvalue weighted by Crippen LogP contribution is -2.60. The Bertz CT molecular complexity index is 962. The fraction of sp³-hybridized carbons (Fsp3) is 0.571. The molecule has 1 fully saturated rings. The van der Waals surface area contributed by atoms with Gasteiger partial charge in [-0.25, -0.2) is 5.43 Å². The Balaban J connectivity index is 1.77. The lowest BCUT2D eigenvalue weighted by molar-refractivity contribution is -0.159. The molecular formula is C28H42N4O5. The van der Waals surface area contributed by atoms with E-state index in [0.29, 0.717) is 25.8 Å². The van der Waals surface area contributed by atoms with Crippen LogP contribution in [0.3, 0.4) is 0 Å². The van der Waals surface area contributed by atoms with E-state index in [2.05, 4.69) is 54.1 Å². The number of ether oxygens (including phenoxy) is 1. The van der Waals surface area contributed by atoms with E-state index in [1.165, 1.54) is 16.1 Å². The number of benzene rings is 1. The first-order chi connectivity index (χ1) is 17.6. The number of carbonyl (C=O) groups excluding carboxylic acids is 4. The second-order valence-corrected chi connectivity index (χ2v) is 9.85. The average molecular weight is 515 g/mol. The lowest BCUT2D eigenvalue weighted by Gasteiger charge is -2.34. The van der Waals surface area contributed by atoms with Gasteiger partial charge in [0.05, 0.1) is 0 Å². The van der Waals surface area contributed by atoms with Gasteiger partial charge in [0.15, 0.2) is 6.10 Å². The predicted octanol–water partition coefficient (Wildman–Crippen LogP) is 2.88. The third-order valence-corrected chi connectivity index (χ3v) is 6.32. The van der Waals surface area contributed by atoms with E-state index in [1.54, 1.807) is 20.8 Å². The third kappa shape index (κ3) is 9.99. The number of amides is 3. The van der Waals surface area contributed by atoms with E-state index < -0.39 is 36.0 Å². The van der Waals surface area contributed by atoms with Crippen LogP contribution in [0.25, 0.3) is 6.08 Å². The van der Waals surface area contributed by atoms with Gasteiger partial charge in [0.25, 0.3) is 11.8 Å². The minimum Gasteiger partial charge on any atom is -0.452 e. The molecule has 1 heterocycles. The van der Waals surface area contributed by atoms with Crippen molar-refractivity contribution in [3.8, 4) is 0 Å². The smallest absolute Gasteiger partial charge is 0.306 e. The highest BCUT2D eigenvalue weighted by molar-refractivity contribution is 5.90. The van der Waals surface area contributed by atoms with Crippen LogP contribution in [-0.2, 0) is 30.3 Å². The molecule has 0 spiro atoms. The molecular weight excluding hydrogens is 472 g/mol. The van der Waals surface area contributed by atoms with Crippen LogP contribution >= 0.6 is 0 Å². The summed E-state index contributed by atoms with van der Waals surface area (Å²) in [6.45, 7) is 7.66. The van der Waals surface area contributed by atoms with Gasteiger partial charge in [-0.3, -0.25) is 24.2 Å². The summed E-state index contributed by atoms with van der Waals surface area (Å²) in [7, 11) is 0. The van der Waals surface area contributed by atoms with E-state index in [9.17, 15) is 19.2 Å². The van der Waals surface area contributed by atoms with Crippen LogP contribution in [0.5, 0.6) is 0 Å². The highest BCUT2D eigenvalue weighted by Crippen LogP contribution is 2.13. The Kier molecular flexibility index (Phi) is 12.3. The number of hydrogen-bond donors (Lipinski definition) is 3. The molecule has 1 aliphatic rings. The Morgan fingerprint density at radius 3 is 2.65 bits per heavy atom. The molecule has 1 saturated heterocycles. The molecule has 1 unspecified atom stereocenters. The summed E-state index contributed by atoms with van der Waals surface area (Å²) in [5, 5.41) is 3.96. The molecule has 0 aromatic heterocycles. The van der Waals surface area contributed by atoms with Gasteiger partial charge >= 0.3 is 5.97 Å². The molecule has 1 aromatic carbocycles. The van der Waals surface area contributed by atoms with E-state index in [1.807, 2.05) is 0 Å². The normalized spacial score (nSPS) is 17.4. The summed E-state index contributed by atoms with van der Waals surface area (Å²) in [6.07, 6.45) is 7.92. The van der Waals surface area contributed by atoms with E-state index in [-0.39, 0.29) is 18.2 Å². The molecule has 0 saturated carbocycles. The Morgan fingerprint density at radius 2 is 1.97 bits per heavy atom. The van der Waals surface area contributed by atoms with Crippen molar-refractivity contribution in [2.75, 3.05) is 6.54 Å². The maximum atomic E-state index is 12.8. The van der Waals surface area contributed by atoms with Crippen molar-refractivity contribution < 1.29 is 23.9 Å². The number of rotatable bonds is 13. The molecule has 2 rings (SSSR count). The standard InChI is InChI=1S/C28H42N4O5/c1-5-21-13-10-14-22(18-21)12-8-6-7-9-16-24(33)37-25(19(2)3)27(35)30-20(4)28(36)32-17-11-15-23(31-32)26(29)34/h8,10,12-14,18-20,23,25,31H,5-7,9,11,15-17H2,1-4H3,(H2,29,34)(H,30,35)/b12-8+/t20-,23-,25?/m0/s1. The number of hydrazine groups is 1. The number of primary amides is 1. The van der Waals surface area contributed by atoms with Gasteiger partial charge in [-0.2, -0.15) is 0 Å². The first kappa shape index (κ1) is 30.0. The van der Waals surface area contributed by atoms with Gasteiger partial charge in [0, 0.05) is 13.0 Å². The molecule has 1 aromatic rings. The highest BCUT2D eigenvalue weighted by atomic mass is 16.5. The van der Waals surface area contributed by atoms with Crippen molar-refractivity contribution in [1.29, 1.82) is 0 Å². The van der Waals surface area contributed by atoms with Crippen LogP contribution in [0.15, 0.2) is 30.3 Å². The van der Waals surface area contributed by atoms with Crippen LogP contribution < -0.4 is 16.5 Å².